The highest BCUT2D eigenvalue weighted by Crippen LogP contribution is 2.15. The summed E-state index contributed by atoms with van der Waals surface area (Å²) >= 11 is 0. The molecular formula is C11H19N3O2. The molecule has 1 rings (SSSR count). The van der Waals surface area contributed by atoms with Gasteiger partial charge in [0.2, 0.25) is 5.76 Å². The fourth-order valence-corrected chi connectivity index (χ4v) is 1.57. The van der Waals surface area contributed by atoms with E-state index in [1.54, 1.807) is 6.92 Å². The van der Waals surface area contributed by atoms with Crippen molar-refractivity contribution in [1.29, 1.82) is 0 Å². The zero-order valence-electron chi connectivity index (χ0n) is 10.0. The van der Waals surface area contributed by atoms with E-state index in [0.717, 1.165) is 18.4 Å². The minimum Gasteiger partial charge on any atom is -0.351 e. The molecule has 0 bridgehead atoms. The van der Waals surface area contributed by atoms with Crippen LogP contribution in [0.25, 0.3) is 0 Å². The molecule has 1 amide bonds. The number of nitrogens with zero attached hydrogens (tertiary/aromatic N) is 1. The first kappa shape index (κ1) is 12.7. The first-order chi connectivity index (χ1) is 7.58. The van der Waals surface area contributed by atoms with Crippen molar-refractivity contribution in [3.63, 3.8) is 0 Å². The number of carbonyl (C=O) groups excluding carboxylic acids is 1. The van der Waals surface area contributed by atoms with Gasteiger partial charge < -0.3 is 15.6 Å². The van der Waals surface area contributed by atoms with Crippen molar-refractivity contribution in [2.75, 3.05) is 6.54 Å². The Morgan fingerprint density at radius 1 is 1.56 bits per heavy atom. The topological polar surface area (TPSA) is 81.1 Å². The minimum absolute atomic E-state index is 0.246. The van der Waals surface area contributed by atoms with Gasteiger partial charge in [-0.05, 0) is 19.8 Å². The first-order valence-corrected chi connectivity index (χ1v) is 5.52. The molecule has 0 aliphatic carbocycles. The Labute approximate surface area is 95.4 Å². The van der Waals surface area contributed by atoms with Gasteiger partial charge in [-0.1, -0.05) is 19.0 Å². The molecule has 0 spiro atoms. The van der Waals surface area contributed by atoms with Crippen LogP contribution in [-0.4, -0.2) is 23.1 Å². The number of amides is 1. The highest BCUT2D eigenvalue weighted by molar-refractivity contribution is 5.93. The van der Waals surface area contributed by atoms with Gasteiger partial charge in [-0.15, -0.1) is 0 Å². The number of hydrogen-bond acceptors (Lipinski definition) is 4. The lowest BCUT2D eigenvalue weighted by atomic mass is 9.92. The molecule has 0 aliphatic rings. The molecule has 0 aliphatic heterocycles. The van der Waals surface area contributed by atoms with Gasteiger partial charge in [-0.25, -0.2) is 0 Å². The highest BCUT2D eigenvalue weighted by Gasteiger charge is 2.28. The molecule has 0 fully saturated rings. The summed E-state index contributed by atoms with van der Waals surface area (Å²) in [5.41, 5.74) is 6.09. The van der Waals surface area contributed by atoms with E-state index >= 15 is 0 Å². The predicted molar refractivity (Wildman–Crippen MR) is 61.1 cm³/mol. The Balaban J connectivity index is 2.81. The van der Waals surface area contributed by atoms with Gasteiger partial charge in [-0.3, -0.25) is 4.79 Å². The monoisotopic (exact) mass is 225 g/mol. The average Bonchev–Trinajstić information content (AvgIpc) is 2.72. The molecular weight excluding hydrogens is 206 g/mol. The molecule has 0 saturated heterocycles. The van der Waals surface area contributed by atoms with Crippen molar-refractivity contribution in [2.45, 2.75) is 39.2 Å². The van der Waals surface area contributed by atoms with E-state index in [4.69, 9.17) is 10.3 Å². The molecule has 0 saturated carbocycles. The predicted octanol–water partition coefficient (Wildman–Crippen LogP) is 1.23. The van der Waals surface area contributed by atoms with Crippen LogP contribution in [0, 0.1) is 6.92 Å². The maximum absolute atomic E-state index is 11.9. The summed E-state index contributed by atoms with van der Waals surface area (Å²) in [4.78, 5) is 11.9. The third-order valence-electron chi connectivity index (χ3n) is 3.08. The van der Waals surface area contributed by atoms with Gasteiger partial charge in [0, 0.05) is 12.1 Å². The summed E-state index contributed by atoms with van der Waals surface area (Å²) in [7, 11) is 0. The highest BCUT2D eigenvalue weighted by atomic mass is 16.5. The van der Waals surface area contributed by atoms with Crippen LogP contribution in [0.5, 0.6) is 0 Å². The molecule has 5 nitrogen and oxygen atoms in total. The maximum atomic E-state index is 11.9. The third kappa shape index (κ3) is 2.41. The molecule has 16 heavy (non-hydrogen) atoms. The quantitative estimate of drug-likeness (QED) is 0.789. The van der Waals surface area contributed by atoms with Crippen LogP contribution >= 0.6 is 0 Å². The fraction of sp³-hybridized carbons (Fsp3) is 0.636. The van der Waals surface area contributed by atoms with E-state index < -0.39 is 0 Å². The Kier molecular flexibility index (Phi) is 4.06. The summed E-state index contributed by atoms with van der Waals surface area (Å²) in [6.07, 6.45) is 3.11. The molecule has 0 atom stereocenters. The van der Waals surface area contributed by atoms with E-state index in [9.17, 15) is 4.79 Å². The van der Waals surface area contributed by atoms with Crippen LogP contribution < -0.4 is 11.1 Å². The normalized spacial score (nSPS) is 11.5. The molecule has 3 N–H and O–H groups in total. The van der Waals surface area contributed by atoms with Gasteiger partial charge in [0.15, 0.2) is 0 Å². The average molecular weight is 225 g/mol. The van der Waals surface area contributed by atoms with Gasteiger partial charge >= 0.3 is 0 Å². The summed E-state index contributed by atoms with van der Waals surface area (Å²) in [6.45, 7) is 6.21. The van der Waals surface area contributed by atoms with E-state index in [1.165, 1.54) is 6.20 Å². The van der Waals surface area contributed by atoms with Crippen LogP contribution in [0.2, 0.25) is 0 Å². The third-order valence-corrected chi connectivity index (χ3v) is 3.08. The Bertz CT molecular complexity index is 348. The second-order valence-corrected chi connectivity index (χ2v) is 3.98. The van der Waals surface area contributed by atoms with Crippen LogP contribution in [-0.2, 0) is 0 Å². The number of aromatic nitrogens is 1. The van der Waals surface area contributed by atoms with Crippen molar-refractivity contribution >= 4 is 5.91 Å². The van der Waals surface area contributed by atoms with Crippen molar-refractivity contribution in [3.8, 4) is 0 Å². The van der Waals surface area contributed by atoms with Crippen molar-refractivity contribution in [3.05, 3.63) is 17.5 Å². The van der Waals surface area contributed by atoms with Gasteiger partial charge in [0.25, 0.3) is 5.91 Å². The fourth-order valence-electron chi connectivity index (χ4n) is 1.57. The number of nitrogens with one attached hydrogen (secondary N) is 1. The molecule has 0 radical (unpaired) electrons. The molecule has 0 unspecified atom stereocenters. The molecule has 0 aromatic carbocycles. The lowest BCUT2D eigenvalue weighted by molar-refractivity contribution is 0.0856. The maximum Gasteiger partial charge on any atom is 0.290 e. The van der Waals surface area contributed by atoms with Gasteiger partial charge in [0.05, 0.1) is 11.7 Å². The van der Waals surface area contributed by atoms with Gasteiger partial charge in [-0.2, -0.15) is 0 Å². The van der Waals surface area contributed by atoms with Crippen molar-refractivity contribution in [1.82, 2.24) is 10.5 Å². The number of hydrogen-bond donors (Lipinski definition) is 2. The standard InChI is InChI=1S/C11H19N3O2/c1-4-11(5-2,7-12)14-10(15)9-8(3)6-13-16-9/h6H,4-5,7,12H2,1-3H3,(H,14,15). The second kappa shape index (κ2) is 5.12. The van der Waals surface area contributed by atoms with E-state index in [-0.39, 0.29) is 17.2 Å². The Hall–Kier alpha value is -1.36. The zero-order chi connectivity index (χ0) is 12.2. The summed E-state index contributed by atoms with van der Waals surface area (Å²) < 4.78 is 4.90. The number of nitrogens with two attached hydrogens (primary N) is 1. The lowest BCUT2D eigenvalue weighted by Gasteiger charge is -2.30. The number of rotatable bonds is 5. The van der Waals surface area contributed by atoms with Crippen molar-refractivity contribution < 1.29 is 9.32 Å². The molecule has 5 heteroatoms. The van der Waals surface area contributed by atoms with E-state index in [0.29, 0.717) is 6.54 Å². The van der Waals surface area contributed by atoms with Crippen LogP contribution in [0.3, 0.4) is 0 Å². The zero-order valence-corrected chi connectivity index (χ0v) is 10.0. The molecule has 90 valence electrons. The van der Waals surface area contributed by atoms with Gasteiger partial charge in [0.1, 0.15) is 0 Å². The first-order valence-electron chi connectivity index (χ1n) is 5.52. The molecule has 1 aromatic heterocycles. The van der Waals surface area contributed by atoms with Crippen molar-refractivity contribution in [2.24, 2.45) is 5.73 Å². The molecule has 1 aromatic rings. The van der Waals surface area contributed by atoms with E-state index in [2.05, 4.69) is 10.5 Å². The lowest BCUT2D eigenvalue weighted by Crippen LogP contribution is -2.52. The molecule has 1 heterocycles. The SMILES string of the molecule is CCC(CC)(CN)NC(=O)c1oncc1C. The summed E-state index contributed by atoms with van der Waals surface area (Å²) in [6, 6.07) is 0. The second-order valence-electron chi connectivity index (χ2n) is 3.98. The summed E-state index contributed by atoms with van der Waals surface area (Å²) in [5.74, 6) is 0.0175. The van der Waals surface area contributed by atoms with Crippen LogP contribution in [0.1, 0.15) is 42.8 Å². The Morgan fingerprint density at radius 2 is 2.19 bits per heavy atom. The summed E-state index contributed by atoms with van der Waals surface area (Å²) in [5, 5.41) is 6.51. The minimum atomic E-state index is -0.351. The van der Waals surface area contributed by atoms with Crippen LogP contribution in [0.4, 0.5) is 0 Å². The van der Waals surface area contributed by atoms with Crippen LogP contribution in [0.15, 0.2) is 10.7 Å². The number of aryl methyl sites for hydroxylation is 1. The Morgan fingerprint density at radius 3 is 2.56 bits per heavy atom. The number of carbonyl (C=O) groups is 1. The largest absolute Gasteiger partial charge is 0.351 e. The smallest absolute Gasteiger partial charge is 0.290 e. The van der Waals surface area contributed by atoms with E-state index in [1.807, 2.05) is 13.8 Å².